The number of likely N-dealkylation sites (tertiary alicyclic amines) is 1. The molecule has 0 spiro atoms. The number of rotatable bonds is 7. The van der Waals surface area contributed by atoms with Gasteiger partial charge in [0.2, 0.25) is 15.9 Å². The van der Waals surface area contributed by atoms with E-state index >= 15 is 0 Å². The third-order valence-electron chi connectivity index (χ3n) is 7.09. The van der Waals surface area contributed by atoms with Gasteiger partial charge in [0.1, 0.15) is 0 Å². The van der Waals surface area contributed by atoms with Gasteiger partial charge in [-0.1, -0.05) is 31.9 Å². The van der Waals surface area contributed by atoms with Gasteiger partial charge in [-0.3, -0.25) is 4.79 Å². The molecule has 1 saturated carbocycles. The van der Waals surface area contributed by atoms with Crippen molar-refractivity contribution in [2.24, 2.45) is 0 Å². The molecule has 0 atom stereocenters. The molecular formula is C25H37N3O3S. The van der Waals surface area contributed by atoms with Gasteiger partial charge in [0.25, 0.3) is 0 Å². The average Bonchev–Trinajstić information content (AvgIpc) is 3.66. The van der Waals surface area contributed by atoms with Crippen LogP contribution in [0.5, 0.6) is 0 Å². The van der Waals surface area contributed by atoms with Crippen molar-refractivity contribution in [1.82, 2.24) is 14.1 Å². The number of sulfonamides is 1. The third kappa shape index (κ3) is 5.61. The summed E-state index contributed by atoms with van der Waals surface area (Å²) in [5, 5.41) is 0. The lowest BCUT2D eigenvalue weighted by molar-refractivity contribution is -0.129. The highest BCUT2D eigenvalue weighted by atomic mass is 32.2. The Hall–Kier alpha value is -1.70. The van der Waals surface area contributed by atoms with Crippen LogP contribution in [0.3, 0.4) is 0 Å². The Labute approximate surface area is 193 Å². The van der Waals surface area contributed by atoms with Crippen LogP contribution in [0.2, 0.25) is 0 Å². The molecule has 6 nitrogen and oxygen atoms in total. The summed E-state index contributed by atoms with van der Waals surface area (Å²) in [6.07, 6.45) is 11.9. The van der Waals surface area contributed by atoms with Crippen molar-refractivity contribution < 1.29 is 13.2 Å². The van der Waals surface area contributed by atoms with Gasteiger partial charge in [0.05, 0.1) is 4.90 Å². The fraction of sp³-hybridized carbons (Fsp3) is 0.640. The van der Waals surface area contributed by atoms with Crippen LogP contribution in [0.4, 0.5) is 0 Å². The van der Waals surface area contributed by atoms with Crippen molar-refractivity contribution in [3.8, 4) is 0 Å². The largest absolute Gasteiger partial charge is 0.333 e. The molecule has 0 radical (unpaired) electrons. The quantitative estimate of drug-likeness (QED) is 0.583. The van der Waals surface area contributed by atoms with Gasteiger partial charge < -0.3 is 9.80 Å². The second kappa shape index (κ2) is 10.5. The summed E-state index contributed by atoms with van der Waals surface area (Å²) in [6.45, 7) is 6.60. The number of piperidine rings is 1. The molecular weight excluding hydrogens is 422 g/mol. The Bertz CT molecular complexity index is 893. The van der Waals surface area contributed by atoms with Crippen molar-refractivity contribution in [3.05, 3.63) is 35.9 Å². The summed E-state index contributed by atoms with van der Waals surface area (Å²) in [6, 6.07) is 7.67. The van der Waals surface area contributed by atoms with Gasteiger partial charge >= 0.3 is 0 Å². The number of benzene rings is 1. The number of hydrogen-bond donors (Lipinski definition) is 0. The number of carbonyl (C=O) groups is 1. The highest BCUT2D eigenvalue weighted by Gasteiger charge is 2.37. The molecule has 2 aliphatic heterocycles. The van der Waals surface area contributed by atoms with Crippen molar-refractivity contribution in [2.45, 2.75) is 75.3 Å². The first-order valence-corrected chi connectivity index (χ1v) is 13.8. The number of hydrogen-bond acceptors (Lipinski definition) is 4. The number of nitrogens with zero attached hydrogens (tertiary/aromatic N) is 3. The van der Waals surface area contributed by atoms with Crippen LogP contribution in [-0.2, 0) is 14.8 Å². The van der Waals surface area contributed by atoms with E-state index in [4.69, 9.17) is 0 Å². The van der Waals surface area contributed by atoms with E-state index in [1.54, 1.807) is 34.6 Å². The lowest BCUT2D eigenvalue weighted by Crippen LogP contribution is -2.47. The lowest BCUT2D eigenvalue weighted by atomic mass is 10.0. The van der Waals surface area contributed by atoms with E-state index < -0.39 is 10.0 Å². The summed E-state index contributed by atoms with van der Waals surface area (Å²) in [7, 11) is -3.44. The standard InChI is InChI=1S/C25H37N3O3S/c1-2-26-19-15-23(16-20-26)28(22-10-11-22)25(29)14-9-21-7-12-24(13-8-21)32(30,31)27-17-5-3-4-6-18-27/h7-9,12-14,22-23H,2-6,10-11,15-20H2,1H3/b14-9+. The zero-order valence-corrected chi connectivity index (χ0v) is 20.1. The Morgan fingerprint density at radius 3 is 2.09 bits per heavy atom. The van der Waals surface area contributed by atoms with Gasteiger partial charge in [0, 0.05) is 44.3 Å². The zero-order chi connectivity index (χ0) is 22.6. The molecule has 3 fully saturated rings. The minimum Gasteiger partial charge on any atom is -0.333 e. The predicted molar refractivity (Wildman–Crippen MR) is 128 cm³/mol. The average molecular weight is 460 g/mol. The molecule has 1 aromatic carbocycles. The van der Waals surface area contributed by atoms with E-state index in [0.29, 0.717) is 30.1 Å². The van der Waals surface area contributed by atoms with E-state index in [1.807, 2.05) is 6.08 Å². The van der Waals surface area contributed by atoms with Gasteiger partial charge in [-0.15, -0.1) is 0 Å². The van der Waals surface area contributed by atoms with Crippen LogP contribution in [0.1, 0.15) is 63.9 Å². The first-order valence-electron chi connectivity index (χ1n) is 12.3. The van der Waals surface area contributed by atoms with Crippen molar-refractivity contribution in [1.29, 1.82) is 0 Å². The molecule has 0 bridgehead atoms. The molecule has 176 valence electrons. The van der Waals surface area contributed by atoms with Crippen LogP contribution < -0.4 is 0 Å². The van der Waals surface area contributed by atoms with Crippen LogP contribution in [0.25, 0.3) is 6.08 Å². The Kier molecular flexibility index (Phi) is 7.69. The number of amides is 1. The van der Waals surface area contributed by atoms with Crippen molar-refractivity contribution >= 4 is 22.0 Å². The van der Waals surface area contributed by atoms with Gasteiger partial charge in [-0.05, 0) is 68.8 Å². The lowest BCUT2D eigenvalue weighted by Gasteiger charge is -2.38. The second-order valence-electron chi connectivity index (χ2n) is 9.36. The van der Waals surface area contributed by atoms with E-state index in [-0.39, 0.29) is 5.91 Å². The van der Waals surface area contributed by atoms with E-state index in [9.17, 15) is 13.2 Å². The molecule has 1 aliphatic carbocycles. The normalized spacial score (nSPS) is 22.2. The highest BCUT2D eigenvalue weighted by Crippen LogP contribution is 2.32. The van der Waals surface area contributed by atoms with Crippen LogP contribution >= 0.6 is 0 Å². The molecule has 2 saturated heterocycles. The summed E-state index contributed by atoms with van der Waals surface area (Å²) < 4.78 is 27.5. The molecule has 4 rings (SSSR count). The van der Waals surface area contributed by atoms with Gasteiger partial charge in [0.15, 0.2) is 0 Å². The van der Waals surface area contributed by atoms with Crippen LogP contribution in [-0.4, -0.2) is 73.2 Å². The monoisotopic (exact) mass is 459 g/mol. The molecule has 32 heavy (non-hydrogen) atoms. The molecule has 3 aliphatic rings. The summed E-state index contributed by atoms with van der Waals surface area (Å²) >= 11 is 0. The maximum Gasteiger partial charge on any atom is 0.247 e. The SMILES string of the molecule is CCN1CCC(N(C(=O)/C=C/c2ccc(S(=O)(=O)N3CCCCCC3)cc2)C2CC2)CC1. The molecule has 0 unspecified atom stereocenters. The first kappa shape index (κ1) is 23.5. The van der Waals surface area contributed by atoms with Crippen molar-refractivity contribution in [2.75, 3.05) is 32.7 Å². The predicted octanol–water partition coefficient (Wildman–Crippen LogP) is 3.74. The first-order chi connectivity index (χ1) is 15.5. The van der Waals surface area contributed by atoms with Gasteiger partial charge in [-0.25, -0.2) is 8.42 Å². The summed E-state index contributed by atoms with van der Waals surface area (Å²) in [5.74, 6) is 0.0868. The van der Waals surface area contributed by atoms with E-state index in [0.717, 1.165) is 76.6 Å². The molecule has 0 N–H and O–H groups in total. The highest BCUT2D eigenvalue weighted by molar-refractivity contribution is 7.89. The molecule has 0 aromatic heterocycles. The minimum absolute atomic E-state index is 0.0868. The number of carbonyl (C=O) groups excluding carboxylic acids is 1. The topological polar surface area (TPSA) is 60.9 Å². The minimum atomic E-state index is -3.44. The molecule has 1 amide bonds. The zero-order valence-electron chi connectivity index (χ0n) is 19.3. The maximum absolute atomic E-state index is 13.0. The van der Waals surface area contributed by atoms with Crippen LogP contribution in [0.15, 0.2) is 35.2 Å². The van der Waals surface area contributed by atoms with Gasteiger partial charge in [-0.2, -0.15) is 4.31 Å². The molecule has 1 aromatic rings. The van der Waals surface area contributed by atoms with E-state index in [1.165, 1.54) is 0 Å². The Morgan fingerprint density at radius 1 is 0.938 bits per heavy atom. The second-order valence-corrected chi connectivity index (χ2v) is 11.3. The smallest absolute Gasteiger partial charge is 0.247 e. The van der Waals surface area contributed by atoms with Crippen molar-refractivity contribution in [3.63, 3.8) is 0 Å². The molecule has 2 heterocycles. The van der Waals surface area contributed by atoms with E-state index in [2.05, 4.69) is 16.7 Å². The summed E-state index contributed by atoms with van der Waals surface area (Å²) in [5.41, 5.74) is 0.852. The third-order valence-corrected chi connectivity index (χ3v) is 9.01. The maximum atomic E-state index is 13.0. The Morgan fingerprint density at radius 2 is 1.53 bits per heavy atom. The molecule has 7 heteroatoms. The summed E-state index contributed by atoms with van der Waals surface area (Å²) in [4.78, 5) is 17.9. The van der Waals surface area contributed by atoms with Crippen LogP contribution in [0, 0.1) is 0 Å². The fourth-order valence-electron chi connectivity index (χ4n) is 4.96. The Balaban J connectivity index is 1.40. The fourth-order valence-corrected chi connectivity index (χ4v) is 6.48.